The fourth-order valence-corrected chi connectivity index (χ4v) is 5.90. The zero-order valence-electron chi connectivity index (χ0n) is 11.8. The van der Waals surface area contributed by atoms with Gasteiger partial charge in [0.25, 0.3) is 0 Å². The standard InChI is InChI=1S/C16H26N2O/c17-14-2-1-3-18(10-14)15(19)16-7-11-4-12(8-16)6-13(5-11)9-16/h11-14H,1-10,17H2. The fraction of sp³-hybridized carbons (Fsp3) is 0.938. The van der Waals surface area contributed by atoms with Crippen LogP contribution in [0.15, 0.2) is 0 Å². The van der Waals surface area contributed by atoms with Crippen molar-refractivity contribution in [2.24, 2.45) is 28.9 Å². The first kappa shape index (κ1) is 12.2. The second kappa shape index (κ2) is 4.21. The highest BCUT2D eigenvalue weighted by molar-refractivity contribution is 5.83. The number of likely N-dealkylation sites (tertiary alicyclic amines) is 1. The molecule has 4 aliphatic carbocycles. The van der Waals surface area contributed by atoms with Gasteiger partial charge in [0.05, 0.1) is 5.41 Å². The van der Waals surface area contributed by atoms with Gasteiger partial charge in [-0.05, 0) is 69.1 Å². The van der Waals surface area contributed by atoms with Crippen LogP contribution in [0.25, 0.3) is 0 Å². The number of hydrogen-bond acceptors (Lipinski definition) is 2. The second-order valence-electron chi connectivity index (χ2n) is 7.85. The van der Waals surface area contributed by atoms with E-state index in [1.165, 1.54) is 38.5 Å². The van der Waals surface area contributed by atoms with E-state index in [9.17, 15) is 4.79 Å². The lowest BCUT2D eigenvalue weighted by molar-refractivity contribution is -0.158. The minimum atomic E-state index is 0.0335. The Morgan fingerprint density at radius 2 is 1.63 bits per heavy atom. The summed E-state index contributed by atoms with van der Waals surface area (Å²) in [7, 11) is 0. The number of nitrogens with zero attached hydrogens (tertiary/aromatic N) is 1. The number of carbonyl (C=O) groups is 1. The van der Waals surface area contributed by atoms with Crippen LogP contribution in [0, 0.1) is 23.2 Å². The molecule has 5 fully saturated rings. The summed E-state index contributed by atoms with van der Waals surface area (Å²) < 4.78 is 0. The zero-order chi connectivity index (χ0) is 13.0. The Hall–Kier alpha value is -0.570. The molecule has 5 aliphatic rings. The number of hydrogen-bond donors (Lipinski definition) is 1. The molecule has 0 aromatic carbocycles. The highest BCUT2D eigenvalue weighted by Crippen LogP contribution is 2.60. The van der Waals surface area contributed by atoms with E-state index in [4.69, 9.17) is 5.73 Å². The van der Waals surface area contributed by atoms with E-state index < -0.39 is 0 Å². The van der Waals surface area contributed by atoms with Crippen LogP contribution in [0.4, 0.5) is 0 Å². The van der Waals surface area contributed by atoms with E-state index in [0.29, 0.717) is 5.91 Å². The topological polar surface area (TPSA) is 46.3 Å². The van der Waals surface area contributed by atoms with Gasteiger partial charge in [0.15, 0.2) is 0 Å². The number of rotatable bonds is 1. The van der Waals surface area contributed by atoms with Crippen molar-refractivity contribution < 1.29 is 4.79 Å². The first-order valence-corrected chi connectivity index (χ1v) is 8.19. The monoisotopic (exact) mass is 262 g/mol. The molecular weight excluding hydrogens is 236 g/mol. The third-order valence-electron chi connectivity index (χ3n) is 6.24. The Balaban J connectivity index is 1.56. The molecule has 2 N–H and O–H groups in total. The molecule has 4 saturated carbocycles. The Bertz CT molecular complexity index is 357. The highest BCUT2D eigenvalue weighted by Gasteiger charge is 2.55. The molecule has 1 heterocycles. The lowest BCUT2D eigenvalue weighted by Crippen LogP contribution is -2.57. The summed E-state index contributed by atoms with van der Waals surface area (Å²) in [5.41, 5.74) is 6.09. The normalized spacial score (nSPS) is 48.6. The average molecular weight is 262 g/mol. The smallest absolute Gasteiger partial charge is 0.228 e. The Kier molecular flexibility index (Phi) is 2.70. The number of amides is 1. The van der Waals surface area contributed by atoms with Crippen LogP contribution in [0.1, 0.15) is 51.4 Å². The molecular formula is C16H26N2O. The number of carbonyl (C=O) groups excluding carboxylic acids is 1. The molecule has 1 saturated heterocycles. The second-order valence-corrected chi connectivity index (χ2v) is 7.85. The molecule has 1 atom stereocenters. The molecule has 106 valence electrons. The minimum Gasteiger partial charge on any atom is -0.341 e. The summed E-state index contributed by atoms with van der Waals surface area (Å²) in [5, 5.41) is 0. The zero-order valence-corrected chi connectivity index (χ0v) is 11.8. The van der Waals surface area contributed by atoms with Gasteiger partial charge in [-0.15, -0.1) is 0 Å². The first-order valence-electron chi connectivity index (χ1n) is 8.19. The molecule has 0 spiro atoms. The molecule has 1 amide bonds. The first-order chi connectivity index (χ1) is 9.14. The summed E-state index contributed by atoms with van der Waals surface area (Å²) in [6.45, 7) is 1.76. The van der Waals surface area contributed by atoms with Crippen LogP contribution >= 0.6 is 0 Å². The Labute approximate surface area is 115 Å². The van der Waals surface area contributed by atoms with Gasteiger partial charge in [-0.25, -0.2) is 0 Å². The molecule has 0 aromatic rings. The van der Waals surface area contributed by atoms with Crippen molar-refractivity contribution in [3.8, 4) is 0 Å². The predicted molar refractivity (Wildman–Crippen MR) is 74.4 cm³/mol. The summed E-state index contributed by atoms with van der Waals surface area (Å²) >= 11 is 0. The predicted octanol–water partition coefficient (Wildman–Crippen LogP) is 2.15. The van der Waals surface area contributed by atoms with Crippen LogP contribution < -0.4 is 5.73 Å². The molecule has 4 bridgehead atoms. The lowest BCUT2D eigenvalue weighted by atomic mass is 9.49. The molecule has 1 unspecified atom stereocenters. The third kappa shape index (κ3) is 1.93. The number of piperidine rings is 1. The van der Waals surface area contributed by atoms with Crippen molar-refractivity contribution in [1.82, 2.24) is 4.90 Å². The van der Waals surface area contributed by atoms with Crippen molar-refractivity contribution in [1.29, 1.82) is 0 Å². The van der Waals surface area contributed by atoms with Gasteiger partial charge in [-0.3, -0.25) is 4.79 Å². The molecule has 1 aliphatic heterocycles. The van der Waals surface area contributed by atoms with E-state index in [1.54, 1.807) is 0 Å². The lowest BCUT2D eigenvalue weighted by Gasteiger charge is -2.57. The molecule has 3 nitrogen and oxygen atoms in total. The van der Waals surface area contributed by atoms with E-state index >= 15 is 0 Å². The summed E-state index contributed by atoms with van der Waals surface area (Å²) in [4.78, 5) is 15.2. The van der Waals surface area contributed by atoms with Crippen molar-refractivity contribution in [3.05, 3.63) is 0 Å². The summed E-state index contributed by atoms with van der Waals surface area (Å²) in [6.07, 6.45) is 9.96. The fourth-order valence-electron chi connectivity index (χ4n) is 5.90. The van der Waals surface area contributed by atoms with Gasteiger partial charge in [-0.1, -0.05) is 0 Å². The van der Waals surface area contributed by atoms with Crippen LogP contribution in [0.3, 0.4) is 0 Å². The van der Waals surface area contributed by atoms with Crippen molar-refractivity contribution in [2.75, 3.05) is 13.1 Å². The maximum atomic E-state index is 13.1. The van der Waals surface area contributed by atoms with Crippen LogP contribution in [0.5, 0.6) is 0 Å². The van der Waals surface area contributed by atoms with Crippen molar-refractivity contribution in [2.45, 2.75) is 57.4 Å². The van der Waals surface area contributed by atoms with Gasteiger partial charge in [0.1, 0.15) is 0 Å². The van der Waals surface area contributed by atoms with Gasteiger partial charge in [-0.2, -0.15) is 0 Å². The molecule has 5 rings (SSSR count). The van der Waals surface area contributed by atoms with Gasteiger partial charge >= 0.3 is 0 Å². The minimum absolute atomic E-state index is 0.0335. The van der Waals surface area contributed by atoms with E-state index in [0.717, 1.165) is 43.7 Å². The van der Waals surface area contributed by atoms with Crippen LogP contribution in [-0.4, -0.2) is 29.9 Å². The quantitative estimate of drug-likeness (QED) is 0.787. The van der Waals surface area contributed by atoms with Gasteiger partial charge < -0.3 is 10.6 Å². The number of nitrogens with two attached hydrogens (primary N) is 1. The van der Waals surface area contributed by atoms with Gasteiger partial charge in [0, 0.05) is 19.1 Å². The van der Waals surface area contributed by atoms with E-state index in [-0.39, 0.29) is 11.5 Å². The molecule has 3 heteroatoms. The van der Waals surface area contributed by atoms with Crippen LogP contribution in [0.2, 0.25) is 0 Å². The van der Waals surface area contributed by atoms with Crippen molar-refractivity contribution >= 4 is 5.91 Å². The molecule has 0 radical (unpaired) electrons. The molecule has 19 heavy (non-hydrogen) atoms. The van der Waals surface area contributed by atoms with Crippen LogP contribution in [-0.2, 0) is 4.79 Å². The third-order valence-corrected chi connectivity index (χ3v) is 6.24. The highest BCUT2D eigenvalue weighted by atomic mass is 16.2. The van der Waals surface area contributed by atoms with Crippen molar-refractivity contribution in [3.63, 3.8) is 0 Å². The Morgan fingerprint density at radius 3 is 2.16 bits per heavy atom. The summed E-state index contributed by atoms with van der Waals surface area (Å²) in [5.74, 6) is 3.04. The summed E-state index contributed by atoms with van der Waals surface area (Å²) in [6, 6.07) is 0.214. The van der Waals surface area contributed by atoms with E-state index in [2.05, 4.69) is 4.90 Å². The van der Waals surface area contributed by atoms with Gasteiger partial charge in [0.2, 0.25) is 5.91 Å². The maximum Gasteiger partial charge on any atom is 0.228 e. The Morgan fingerprint density at radius 1 is 1.05 bits per heavy atom. The SMILES string of the molecule is NC1CCCN(C(=O)C23CC4CC(CC(C4)C2)C3)C1. The maximum absolute atomic E-state index is 13.1. The largest absolute Gasteiger partial charge is 0.341 e. The molecule has 0 aromatic heterocycles. The van der Waals surface area contributed by atoms with E-state index in [1.807, 2.05) is 0 Å². The average Bonchev–Trinajstić information content (AvgIpc) is 2.36.